The molecule has 2 saturated carbocycles. The van der Waals surface area contributed by atoms with E-state index in [9.17, 15) is 14.7 Å². The first-order valence-electron chi connectivity index (χ1n) is 7.43. The van der Waals surface area contributed by atoms with Crippen molar-refractivity contribution in [2.75, 3.05) is 7.05 Å². The van der Waals surface area contributed by atoms with Gasteiger partial charge in [0.25, 0.3) is 0 Å². The number of rotatable bonds is 3. The maximum Gasteiger partial charge on any atom is 0.317 e. The number of carbonyl (C=O) groups excluding carboxylic acids is 1. The molecule has 2 amide bonds. The van der Waals surface area contributed by atoms with E-state index in [2.05, 4.69) is 5.32 Å². The SMILES string of the molecule is CN(C(=O)NC1CCC(C(=O)O)C1)C1CCCCC1O. The van der Waals surface area contributed by atoms with Crippen LogP contribution < -0.4 is 5.32 Å². The first-order valence-corrected chi connectivity index (χ1v) is 7.43. The summed E-state index contributed by atoms with van der Waals surface area (Å²) in [6.07, 6.45) is 5.00. The van der Waals surface area contributed by atoms with Crippen LogP contribution in [-0.4, -0.2) is 52.3 Å². The van der Waals surface area contributed by atoms with E-state index in [4.69, 9.17) is 5.11 Å². The molecule has 3 N–H and O–H groups in total. The Morgan fingerprint density at radius 1 is 1.15 bits per heavy atom. The van der Waals surface area contributed by atoms with Gasteiger partial charge in [-0.15, -0.1) is 0 Å². The molecular formula is C14H24N2O4. The molecule has 6 heteroatoms. The van der Waals surface area contributed by atoms with Crippen LogP contribution in [0.3, 0.4) is 0 Å². The summed E-state index contributed by atoms with van der Waals surface area (Å²) in [6.45, 7) is 0. The minimum atomic E-state index is -0.780. The van der Waals surface area contributed by atoms with Crippen molar-refractivity contribution in [2.45, 2.75) is 63.1 Å². The summed E-state index contributed by atoms with van der Waals surface area (Å²) in [4.78, 5) is 24.7. The Balaban J connectivity index is 1.84. The second-order valence-corrected chi connectivity index (χ2v) is 6.02. The van der Waals surface area contributed by atoms with Crippen molar-refractivity contribution in [1.82, 2.24) is 10.2 Å². The fourth-order valence-electron chi connectivity index (χ4n) is 3.31. The number of aliphatic hydroxyl groups is 1. The van der Waals surface area contributed by atoms with E-state index >= 15 is 0 Å². The van der Waals surface area contributed by atoms with E-state index in [-0.39, 0.29) is 24.0 Å². The number of carboxylic acid groups (broad SMARTS) is 1. The van der Waals surface area contributed by atoms with E-state index in [1.165, 1.54) is 0 Å². The average Bonchev–Trinajstić information content (AvgIpc) is 2.87. The zero-order valence-corrected chi connectivity index (χ0v) is 11.9. The Hall–Kier alpha value is -1.30. The van der Waals surface area contributed by atoms with Crippen LogP contribution in [0.1, 0.15) is 44.9 Å². The van der Waals surface area contributed by atoms with Crippen LogP contribution in [0.5, 0.6) is 0 Å². The number of hydrogen-bond acceptors (Lipinski definition) is 3. The molecule has 4 unspecified atom stereocenters. The summed E-state index contributed by atoms with van der Waals surface area (Å²) in [5.74, 6) is -1.12. The second-order valence-electron chi connectivity index (χ2n) is 6.02. The van der Waals surface area contributed by atoms with Gasteiger partial charge < -0.3 is 20.4 Å². The van der Waals surface area contributed by atoms with Gasteiger partial charge in [-0.2, -0.15) is 0 Å². The molecule has 0 aromatic carbocycles. The van der Waals surface area contributed by atoms with Crippen molar-refractivity contribution in [3.8, 4) is 0 Å². The lowest BCUT2D eigenvalue weighted by molar-refractivity contribution is -0.141. The lowest BCUT2D eigenvalue weighted by atomic mass is 9.92. The number of nitrogens with zero attached hydrogens (tertiary/aromatic N) is 1. The van der Waals surface area contributed by atoms with Gasteiger partial charge in [-0.3, -0.25) is 4.79 Å². The lowest BCUT2D eigenvalue weighted by Gasteiger charge is -2.35. The molecule has 0 bridgehead atoms. The Labute approximate surface area is 119 Å². The molecule has 0 spiro atoms. The molecule has 0 aromatic heterocycles. The highest BCUT2D eigenvalue weighted by Crippen LogP contribution is 2.26. The fraction of sp³-hybridized carbons (Fsp3) is 0.857. The van der Waals surface area contributed by atoms with E-state index in [0.29, 0.717) is 19.3 Å². The summed E-state index contributed by atoms with van der Waals surface area (Å²) >= 11 is 0. The quantitative estimate of drug-likeness (QED) is 0.726. The van der Waals surface area contributed by atoms with Gasteiger partial charge in [-0.25, -0.2) is 4.79 Å². The Kier molecular flexibility index (Phi) is 4.86. The third-order valence-electron chi connectivity index (χ3n) is 4.62. The van der Waals surface area contributed by atoms with Crippen molar-refractivity contribution < 1.29 is 19.8 Å². The van der Waals surface area contributed by atoms with Crippen molar-refractivity contribution in [2.24, 2.45) is 5.92 Å². The van der Waals surface area contributed by atoms with Gasteiger partial charge in [0.15, 0.2) is 0 Å². The third-order valence-corrected chi connectivity index (χ3v) is 4.62. The summed E-state index contributed by atoms with van der Waals surface area (Å²) in [6, 6.07) is -0.390. The number of hydrogen-bond donors (Lipinski definition) is 3. The standard InChI is InChI=1S/C14H24N2O4/c1-16(11-4-2-3-5-12(11)17)14(20)15-10-7-6-9(8-10)13(18)19/h9-12,17H,2-8H2,1H3,(H,15,20)(H,18,19). The molecular weight excluding hydrogens is 260 g/mol. The minimum Gasteiger partial charge on any atom is -0.481 e. The number of nitrogens with one attached hydrogen (secondary N) is 1. The van der Waals surface area contributed by atoms with Crippen LogP contribution in [0, 0.1) is 5.92 Å². The molecule has 114 valence electrons. The molecule has 0 aromatic rings. The van der Waals surface area contributed by atoms with Crippen molar-refractivity contribution in [3.63, 3.8) is 0 Å². The molecule has 4 atom stereocenters. The molecule has 2 rings (SSSR count). The molecule has 0 saturated heterocycles. The highest BCUT2D eigenvalue weighted by Gasteiger charge is 2.33. The molecule has 2 aliphatic rings. The van der Waals surface area contributed by atoms with Crippen molar-refractivity contribution in [1.29, 1.82) is 0 Å². The number of carboxylic acids is 1. The predicted molar refractivity (Wildman–Crippen MR) is 73.3 cm³/mol. The van der Waals surface area contributed by atoms with E-state index < -0.39 is 12.1 Å². The number of likely N-dealkylation sites (N-methyl/N-ethyl adjacent to an activating group) is 1. The molecule has 20 heavy (non-hydrogen) atoms. The zero-order chi connectivity index (χ0) is 14.7. The van der Waals surface area contributed by atoms with E-state index in [1.807, 2.05) is 0 Å². The van der Waals surface area contributed by atoms with Gasteiger partial charge in [-0.1, -0.05) is 12.8 Å². The molecule has 0 radical (unpaired) electrons. The van der Waals surface area contributed by atoms with Gasteiger partial charge in [0, 0.05) is 13.1 Å². The first kappa shape index (κ1) is 15.1. The van der Waals surface area contributed by atoms with Gasteiger partial charge in [0.1, 0.15) is 0 Å². The predicted octanol–water partition coefficient (Wildman–Crippen LogP) is 1.18. The molecule has 0 aliphatic heterocycles. The largest absolute Gasteiger partial charge is 0.481 e. The van der Waals surface area contributed by atoms with Gasteiger partial charge in [0.2, 0.25) is 0 Å². The average molecular weight is 284 g/mol. The highest BCUT2D eigenvalue weighted by molar-refractivity contribution is 5.75. The maximum absolute atomic E-state index is 12.2. The Bertz CT molecular complexity index is 374. The first-order chi connectivity index (χ1) is 9.49. The van der Waals surface area contributed by atoms with Crippen LogP contribution in [0.25, 0.3) is 0 Å². The summed E-state index contributed by atoms with van der Waals surface area (Å²) < 4.78 is 0. The van der Waals surface area contributed by atoms with Crippen LogP contribution >= 0.6 is 0 Å². The molecule has 0 heterocycles. The van der Waals surface area contributed by atoms with Crippen LogP contribution in [0.15, 0.2) is 0 Å². The number of urea groups is 1. The molecule has 6 nitrogen and oxygen atoms in total. The number of aliphatic carboxylic acids is 1. The summed E-state index contributed by atoms with van der Waals surface area (Å²) in [5, 5.41) is 21.8. The van der Waals surface area contributed by atoms with Gasteiger partial charge in [-0.05, 0) is 32.1 Å². The molecule has 2 aliphatic carbocycles. The number of amides is 2. The second kappa shape index (κ2) is 6.43. The van der Waals surface area contributed by atoms with E-state index in [1.54, 1.807) is 11.9 Å². The van der Waals surface area contributed by atoms with Gasteiger partial charge >= 0.3 is 12.0 Å². The Morgan fingerprint density at radius 3 is 2.45 bits per heavy atom. The van der Waals surface area contributed by atoms with E-state index in [0.717, 1.165) is 25.7 Å². The summed E-state index contributed by atoms with van der Waals surface area (Å²) in [5.41, 5.74) is 0. The monoisotopic (exact) mass is 284 g/mol. The topological polar surface area (TPSA) is 89.9 Å². The Morgan fingerprint density at radius 2 is 1.85 bits per heavy atom. The highest BCUT2D eigenvalue weighted by atomic mass is 16.4. The van der Waals surface area contributed by atoms with Crippen LogP contribution in [-0.2, 0) is 4.79 Å². The fourth-order valence-corrected chi connectivity index (χ4v) is 3.31. The summed E-state index contributed by atoms with van der Waals surface area (Å²) in [7, 11) is 1.71. The maximum atomic E-state index is 12.2. The van der Waals surface area contributed by atoms with Gasteiger partial charge in [0.05, 0.1) is 18.1 Å². The minimum absolute atomic E-state index is 0.0632. The van der Waals surface area contributed by atoms with Crippen LogP contribution in [0.2, 0.25) is 0 Å². The van der Waals surface area contributed by atoms with Crippen molar-refractivity contribution in [3.05, 3.63) is 0 Å². The number of aliphatic hydroxyl groups excluding tert-OH is 1. The normalized spacial score (nSPS) is 33.7. The van der Waals surface area contributed by atoms with Crippen molar-refractivity contribution >= 4 is 12.0 Å². The van der Waals surface area contributed by atoms with Crippen LogP contribution in [0.4, 0.5) is 4.79 Å². The molecule has 2 fully saturated rings. The smallest absolute Gasteiger partial charge is 0.317 e. The zero-order valence-electron chi connectivity index (χ0n) is 11.9. The third kappa shape index (κ3) is 3.42. The number of carbonyl (C=O) groups is 2. The lowest BCUT2D eigenvalue weighted by Crippen LogP contribution is -2.51.